The molecule has 0 saturated heterocycles. The predicted octanol–water partition coefficient (Wildman–Crippen LogP) is 2.41. The van der Waals surface area contributed by atoms with Gasteiger partial charge in [0.15, 0.2) is 0 Å². The van der Waals surface area contributed by atoms with Crippen molar-refractivity contribution in [2.45, 2.75) is 32.6 Å². The number of hydrogen-bond donors (Lipinski definition) is 1. The summed E-state index contributed by atoms with van der Waals surface area (Å²) in [5.41, 5.74) is 5.48. The Balaban J connectivity index is 2.34. The Kier molecular flexibility index (Phi) is 4.71. The molecule has 17 heavy (non-hydrogen) atoms. The van der Waals surface area contributed by atoms with Gasteiger partial charge >= 0.3 is 0 Å². The summed E-state index contributed by atoms with van der Waals surface area (Å²) < 4.78 is 0. The molecular weight excluding hydrogens is 212 g/mol. The first-order valence-electron chi connectivity index (χ1n) is 5.83. The average molecular weight is 230 g/mol. The highest BCUT2D eigenvalue weighted by Crippen LogP contribution is 2.23. The number of rotatable bonds is 6. The fraction of sp³-hybridized carbons (Fsp3) is 0.429. The SMILES string of the molecule is C[C@](C#N)(CCCCc1ccccc1)C(N)=O. The second kappa shape index (κ2) is 6.05. The Bertz CT molecular complexity index is 408. The number of aryl methyl sites for hydroxylation is 1. The van der Waals surface area contributed by atoms with Crippen LogP contribution in [0.25, 0.3) is 0 Å². The molecule has 1 atom stereocenters. The van der Waals surface area contributed by atoms with Gasteiger partial charge in [-0.3, -0.25) is 4.79 Å². The van der Waals surface area contributed by atoms with Gasteiger partial charge in [0.1, 0.15) is 5.41 Å². The van der Waals surface area contributed by atoms with E-state index in [1.165, 1.54) is 5.56 Å². The van der Waals surface area contributed by atoms with Crippen molar-refractivity contribution in [1.82, 2.24) is 0 Å². The summed E-state index contributed by atoms with van der Waals surface area (Å²) in [5.74, 6) is -0.528. The summed E-state index contributed by atoms with van der Waals surface area (Å²) in [6.45, 7) is 1.61. The molecule has 0 aliphatic carbocycles. The van der Waals surface area contributed by atoms with Crippen molar-refractivity contribution in [3.8, 4) is 6.07 Å². The van der Waals surface area contributed by atoms with Gasteiger partial charge in [-0.2, -0.15) is 5.26 Å². The lowest BCUT2D eigenvalue weighted by Gasteiger charge is -2.16. The largest absolute Gasteiger partial charge is 0.368 e. The number of primary amides is 1. The first-order chi connectivity index (χ1) is 8.08. The quantitative estimate of drug-likeness (QED) is 0.762. The Morgan fingerprint density at radius 1 is 1.35 bits per heavy atom. The molecule has 0 spiro atoms. The molecule has 1 aromatic carbocycles. The minimum absolute atomic E-state index is 0.528. The van der Waals surface area contributed by atoms with Crippen molar-refractivity contribution in [2.75, 3.05) is 0 Å². The molecule has 2 N–H and O–H groups in total. The van der Waals surface area contributed by atoms with Crippen LogP contribution in [-0.2, 0) is 11.2 Å². The molecule has 0 aliphatic rings. The molecule has 1 aromatic rings. The normalized spacial score (nSPS) is 13.6. The van der Waals surface area contributed by atoms with Gasteiger partial charge in [0.05, 0.1) is 6.07 Å². The van der Waals surface area contributed by atoms with Crippen LogP contribution in [-0.4, -0.2) is 5.91 Å². The van der Waals surface area contributed by atoms with E-state index in [0.29, 0.717) is 6.42 Å². The second-order valence-corrected chi connectivity index (χ2v) is 4.50. The summed E-state index contributed by atoms with van der Waals surface area (Å²) in [5, 5.41) is 8.92. The lowest BCUT2D eigenvalue weighted by atomic mass is 9.85. The molecule has 0 radical (unpaired) electrons. The zero-order valence-electron chi connectivity index (χ0n) is 10.1. The van der Waals surface area contributed by atoms with Crippen LogP contribution in [0.15, 0.2) is 30.3 Å². The van der Waals surface area contributed by atoms with Gasteiger partial charge in [-0.1, -0.05) is 36.8 Å². The molecule has 1 amide bonds. The Morgan fingerprint density at radius 2 is 2.00 bits per heavy atom. The molecule has 0 bridgehead atoms. The lowest BCUT2D eigenvalue weighted by Crippen LogP contribution is -2.32. The topological polar surface area (TPSA) is 66.9 Å². The molecular formula is C14H18N2O. The molecule has 90 valence electrons. The molecule has 0 aliphatic heterocycles. The van der Waals surface area contributed by atoms with Crippen molar-refractivity contribution in [2.24, 2.45) is 11.1 Å². The number of carbonyl (C=O) groups excluding carboxylic acids is 1. The predicted molar refractivity (Wildman–Crippen MR) is 66.9 cm³/mol. The van der Waals surface area contributed by atoms with E-state index in [2.05, 4.69) is 12.1 Å². The minimum atomic E-state index is -1.02. The van der Waals surface area contributed by atoms with E-state index in [4.69, 9.17) is 11.0 Å². The van der Waals surface area contributed by atoms with Crippen molar-refractivity contribution in [3.05, 3.63) is 35.9 Å². The van der Waals surface area contributed by atoms with Crippen molar-refractivity contribution >= 4 is 5.91 Å². The maximum atomic E-state index is 11.1. The highest BCUT2D eigenvalue weighted by atomic mass is 16.1. The molecule has 0 saturated carbocycles. The number of nitriles is 1. The third-order valence-corrected chi connectivity index (χ3v) is 3.03. The molecule has 0 fully saturated rings. The smallest absolute Gasteiger partial charge is 0.237 e. The van der Waals surface area contributed by atoms with Crippen LogP contribution in [0.2, 0.25) is 0 Å². The molecule has 1 rings (SSSR count). The van der Waals surface area contributed by atoms with Crippen LogP contribution < -0.4 is 5.73 Å². The average Bonchev–Trinajstić information content (AvgIpc) is 2.35. The summed E-state index contributed by atoms with van der Waals surface area (Å²) >= 11 is 0. The fourth-order valence-corrected chi connectivity index (χ4v) is 1.69. The number of carbonyl (C=O) groups is 1. The van der Waals surface area contributed by atoms with E-state index >= 15 is 0 Å². The summed E-state index contributed by atoms with van der Waals surface area (Å²) in [4.78, 5) is 11.1. The van der Waals surface area contributed by atoms with E-state index in [1.54, 1.807) is 6.92 Å². The van der Waals surface area contributed by atoms with Gasteiger partial charge in [-0.25, -0.2) is 0 Å². The second-order valence-electron chi connectivity index (χ2n) is 4.50. The lowest BCUT2D eigenvalue weighted by molar-refractivity contribution is -0.124. The Hall–Kier alpha value is -1.82. The zero-order valence-corrected chi connectivity index (χ0v) is 10.1. The van der Waals surface area contributed by atoms with Gasteiger partial charge in [-0.05, 0) is 31.7 Å². The van der Waals surface area contributed by atoms with Gasteiger partial charge in [0, 0.05) is 0 Å². The summed E-state index contributed by atoms with van der Waals surface area (Å²) in [6, 6.07) is 12.2. The van der Waals surface area contributed by atoms with Crippen LogP contribution in [0.3, 0.4) is 0 Å². The van der Waals surface area contributed by atoms with Crippen LogP contribution >= 0.6 is 0 Å². The fourth-order valence-electron chi connectivity index (χ4n) is 1.69. The third kappa shape index (κ3) is 3.92. The zero-order chi connectivity index (χ0) is 12.7. The monoisotopic (exact) mass is 230 g/mol. The Morgan fingerprint density at radius 3 is 2.53 bits per heavy atom. The minimum Gasteiger partial charge on any atom is -0.368 e. The number of hydrogen-bond acceptors (Lipinski definition) is 2. The number of nitrogens with two attached hydrogens (primary N) is 1. The number of nitrogens with zero attached hydrogens (tertiary/aromatic N) is 1. The Labute approximate surface area is 102 Å². The number of benzene rings is 1. The van der Waals surface area contributed by atoms with E-state index < -0.39 is 11.3 Å². The van der Waals surface area contributed by atoms with E-state index in [0.717, 1.165) is 19.3 Å². The summed E-state index contributed by atoms with van der Waals surface area (Å²) in [6.07, 6.45) is 3.31. The number of unbranched alkanes of at least 4 members (excludes halogenated alkanes) is 1. The van der Waals surface area contributed by atoms with E-state index in [9.17, 15) is 4.79 Å². The highest BCUT2D eigenvalue weighted by molar-refractivity contribution is 5.83. The first-order valence-corrected chi connectivity index (χ1v) is 5.83. The van der Waals surface area contributed by atoms with E-state index in [-0.39, 0.29) is 0 Å². The molecule has 0 aromatic heterocycles. The molecule has 3 heteroatoms. The number of amides is 1. The standard InChI is InChI=1S/C14H18N2O/c1-14(11-15,13(16)17)10-6-5-9-12-7-3-2-4-8-12/h2-4,7-8H,5-6,9-10H2,1H3,(H2,16,17)/t14-/m1/s1. The van der Waals surface area contributed by atoms with Crippen molar-refractivity contribution in [3.63, 3.8) is 0 Å². The van der Waals surface area contributed by atoms with E-state index in [1.807, 2.05) is 24.3 Å². The van der Waals surface area contributed by atoms with Gasteiger partial charge in [-0.15, -0.1) is 0 Å². The third-order valence-electron chi connectivity index (χ3n) is 3.03. The molecule has 0 heterocycles. The van der Waals surface area contributed by atoms with Crippen LogP contribution in [0, 0.1) is 16.7 Å². The maximum absolute atomic E-state index is 11.1. The van der Waals surface area contributed by atoms with Gasteiger partial charge in [0.25, 0.3) is 0 Å². The molecule has 3 nitrogen and oxygen atoms in total. The molecule has 0 unspecified atom stereocenters. The van der Waals surface area contributed by atoms with Crippen LogP contribution in [0.5, 0.6) is 0 Å². The van der Waals surface area contributed by atoms with Crippen molar-refractivity contribution in [1.29, 1.82) is 5.26 Å². The summed E-state index contributed by atoms with van der Waals surface area (Å²) in [7, 11) is 0. The maximum Gasteiger partial charge on any atom is 0.237 e. The first kappa shape index (κ1) is 13.2. The van der Waals surface area contributed by atoms with Crippen LogP contribution in [0.4, 0.5) is 0 Å². The van der Waals surface area contributed by atoms with Gasteiger partial charge < -0.3 is 5.73 Å². The van der Waals surface area contributed by atoms with Crippen LogP contribution in [0.1, 0.15) is 31.7 Å². The highest BCUT2D eigenvalue weighted by Gasteiger charge is 2.29. The van der Waals surface area contributed by atoms with Crippen molar-refractivity contribution < 1.29 is 4.79 Å². The van der Waals surface area contributed by atoms with Gasteiger partial charge in [0.2, 0.25) is 5.91 Å².